The van der Waals surface area contributed by atoms with Gasteiger partial charge in [0.2, 0.25) is 0 Å². The molecule has 1 aliphatic carbocycles. The average Bonchev–Trinajstić information content (AvgIpc) is 3.47. The van der Waals surface area contributed by atoms with E-state index in [9.17, 15) is 9.59 Å². The number of benzene rings is 3. The van der Waals surface area contributed by atoms with Gasteiger partial charge in [0.05, 0.1) is 18.9 Å². The second-order valence-electron chi connectivity index (χ2n) is 13.2. The number of hydrogen-bond donors (Lipinski definition) is 4. The molecule has 1 fully saturated rings. The Kier molecular flexibility index (Phi) is 14.2. The number of amides is 2. The van der Waals surface area contributed by atoms with Gasteiger partial charge in [-0.2, -0.15) is 0 Å². The zero-order chi connectivity index (χ0) is 35.1. The van der Waals surface area contributed by atoms with Crippen LogP contribution in [0.3, 0.4) is 0 Å². The summed E-state index contributed by atoms with van der Waals surface area (Å²) in [6.07, 6.45) is 4.62. The number of fused-ring (bicyclic) bond motifs is 3. The molecule has 1 aliphatic heterocycles. The Morgan fingerprint density at radius 1 is 0.880 bits per heavy atom. The van der Waals surface area contributed by atoms with Crippen LogP contribution in [0.5, 0.6) is 11.5 Å². The summed E-state index contributed by atoms with van der Waals surface area (Å²) in [4.78, 5) is 29.4. The summed E-state index contributed by atoms with van der Waals surface area (Å²) < 4.78 is 18.0. The number of unbranched alkanes of at least 4 members (excludes halogenated alkanes) is 1. The molecule has 0 aromatic heterocycles. The molecule has 1 saturated heterocycles. The number of hydrogen-bond acceptors (Lipinski definition) is 8. The highest BCUT2D eigenvalue weighted by molar-refractivity contribution is 5.87. The molecule has 5 rings (SSSR count). The van der Waals surface area contributed by atoms with Gasteiger partial charge in [-0.3, -0.25) is 15.6 Å². The number of carbonyl (C=O) groups excluding carboxylic acids is 2. The topological polar surface area (TPSA) is 113 Å². The summed E-state index contributed by atoms with van der Waals surface area (Å²) in [6.45, 7) is 12.6. The van der Waals surface area contributed by atoms with E-state index < -0.39 is 12.1 Å². The molecule has 1 heterocycles. The van der Waals surface area contributed by atoms with E-state index >= 15 is 0 Å². The van der Waals surface area contributed by atoms with Crippen molar-refractivity contribution in [3.63, 3.8) is 0 Å². The van der Waals surface area contributed by atoms with Crippen LogP contribution < -0.4 is 31.0 Å². The molecule has 2 amide bonds. The third-order valence-electron chi connectivity index (χ3n) is 9.79. The fraction of sp³-hybridized carbons (Fsp3) is 0.500. The van der Waals surface area contributed by atoms with Crippen LogP contribution in [0.15, 0.2) is 66.7 Å². The number of anilines is 1. The van der Waals surface area contributed by atoms with Gasteiger partial charge >= 0.3 is 6.09 Å². The minimum Gasteiger partial charge on any atom is -0.493 e. The SMILES string of the molecule is CCCCOc1cc(OCCCN(CC)CC)ccc1NNC(=O)C(CC1CCNCC1)NC(=O)OCC1c2ccccc2-c2ccccc21. The number of rotatable bonds is 19. The van der Waals surface area contributed by atoms with E-state index in [1.807, 2.05) is 42.5 Å². The average molecular weight is 686 g/mol. The quantitative estimate of drug-likeness (QED) is 0.0814. The smallest absolute Gasteiger partial charge is 0.407 e. The Bertz CT molecular complexity index is 1480. The molecule has 3 aromatic carbocycles. The molecular formula is C40H55N5O5. The Morgan fingerprint density at radius 2 is 1.56 bits per heavy atom. The van der Waals surface area contributed by atoms with Gasteiger partial charge in [0.25, 0.3) is 5.91 Å². The molecule has 270 valence electrons. The third-order valence-corrected chi connectivity index (χ3v) is 9.79. The molecule has 50 heavy (non-hydrogen) atoms. The number of piperidine rings is 1. The number of nitrogens with zero attached hydrogens (tertiary/aromatic N) is 1. The van der Waals surface area contributed by atoms with Crippen LogP contribution in [0.25, 0.3) is 11.1 Å². The minimum atomic E-state index is -0.779. The van der Waals surface area contributed by atoms with E-state index in [2.05, 4.69) is 71.4 Å². The molecule has 10 heteroatoms. The Hall–Kier alpha value is -4.28. The lowest BCUT2D eigenvalue weighted by molar-refractivity contribution is -0.123. The van der Waals surface area contributed by atoms with E-state index in [-0.39, 0.29) is 18.4 Å². The van der Waals surface area contributed by atoms with E-state index in [4.69, 9.17) is 14.2 Å². The predicted molar refractivity (Wildman–Crippen MR) is 199 cm³/mol. The normalized spacial score (nSPS) is 14.8. The van der Waals surface area contributed by atoms with Gasteiger partial charge in [0.15, 0.2) is 0 Å². The maximum Gasteiger partial charge on any atom is 0.407 e. The van der Waals surface area contributed by atoms with Crippen LogP contribution in [0.1, 0.15) is 76.3 Å². The first-order valence-corrected chi connectivity index (χ1v) is 18.5. The lowest BCUT2D eigenvalue weighted by Crippen LogP contribution is -2.50. The van der Waals surface area contributed by atoms with Gasteiger partial charge in [-0.05, 0) is 98.6 Å². The van der Waals surface area contributed by atoms with Crippen molar-refractivity contribution in [1.29, 1.82) is 0 Å². The molecule has 10 nitrogen and oxygen atoms in total. The second kappa shape index (κ2) is 19.2. The van der Waals surface area contributed by atoms with Crippen LogP contribution in [0, 0.1) is 5.92 Å². The van der Waals surface area contributed by atoms with E-state index in [1.165, 1.54) is 11.1 Å². The van der Waals surface area contributed by atoms with Crippen molar-refractivity contribution in [2.24, 2.45) is 5.92 Å². The second-order valence-corrected chi connectivity index (χ2v) is 13.2. The Balaban J connectivity index is 1.21. The maximum absolute atomic E-state index is 13.7. The Labute approximate surface area is 297 Å². The highest BCUT2D eigenvalue weighted by atomic mass is 16.5. The molecule has 0 radical (unpaired) electrons. The molecule has 2 aliphatic rings. The Morgan fingerprint density at radius 3 is 2.24 bits per heavy atom. The van der Waals surface area contributed by atoms with Gasteiger partial charge in [-0.1, -0.05) is 75.7 Å². The lowest BCUT2D eigenvalue weighted by Gasteiger charge is -2.27. The first kappa shape index (κ1) is 37.0. The zero-order valence-corrected chi connectivity index (χ0v) is 30.0. The van der Waals surface area contributed by atoms with Crippen molar-refractivity contribution in [3.8, 4) is 22.6 Å². The predicted octanol–water partition coefficient (Wildman–Crippen LogP) is 6.72. The summed E-state index contributed by atoms with van der Waals surface area (Å²) in [5.41, 5.74) is 11.1. The molecule has 4 N–H and O–H groups in total. The molecule has 0 spiro atoms. The summed E-state index contributed by atoms with van der Waals surface area (Å²) in [7, 11) is 0. The standard InChI is InChI=1S/C40H55N5O5/c1-4-7-24-49-38-27-30(48-25-12-23-45(5-2)6-3)17-18-36(38)43-44-39(46)37(26-29-19-21-41-22-20-29)42-40(47)50-28-35-33-15-10-8-13-31(33)32-14-9-11-16-34(32)35/h8-11,13-18,27,29,35,37,41,43H,4-7,12,19-26,28H2,1-3H3,(H,42,47)(H,44,46). The van der Waals surface area contributed by atoms with Crippen molar-refractivity contribution < 1.29 is 23.8 Å². The summed E-state index contributed by atoms with van der Waals surface area (Å²) in [6, 6.07) is 21.3. The summed E-state index contributed by atoms with van der Waals surface area (Å²) in [5, 5.41) is 6.27. The fourth-order valence-corrected chi connectivity index (χ4v) is 6.84. The van der Waals surface area contributed by atoms with E-state index in [0.29, 0.717) is 42.7 Å². The van der Waals surface area contributed by atoms with Crippen molar-refractivity contribution in [1.82, 2.24) is 21.0 Å². The van der Waals surface area contributed by atoms with Crippen molar-refractivity contribution in [3.05, 3.63) is 77.9 Å². The third kappa shape index (κ3) is 10.1. The first-order valence-electron chi connectivity index (χ1n) is 18.5. The van der Waals surface area contributed by atoms with Crippen molar-refractivity contribution in [2.45, 2.75) is 71.3 Å². The molecule has 3 aromatic rings. The van der Waals surface area contributed by atoms with Gasteiger partial charge in [0, 0.05) is 18.5 Å². The maximum atomic E-state index is 13.7. The molecule has 1 unspecified atom stereocenters. The monoisotopic (exact) mass is 685 g/mol. The van der Waals surface area contributed by atoms with E-state index in [0.717, 1.165) is 76.0 Å². The van der Waals surface area contributed by atoms with E-state index in [1.54, 1.807) is 0 Å². The van der Waals surface area contributed by atoms with Crippen molar-refractivity contribution in [2.75, 3.05) is 58.0 Å². The van der Waals surface area contributed by atoms with Gasteiger partial charge in [-0.15, -0.1) is 0 Å². The van der Waals surface area contributed by atoms with Crippen LogP contribution >= 0.6 is 0 Å². The van der Waals surface area contributed by atoms with Crippen LogP contribution in [0.4, 0.5) is 10.5 Å². The van der Waals surface area contributed by atoms with Gasteiger partial charge in [0.1, 0.15) is 24.1 Å². The number of carbonyl (C=O) groups is 2. The highest BCUT2D eigenvalue weighted by Crippen LogP contribution is 2.44. The number of nitrogens with one attached hydrogen (secondary N) is 4. The largest absolute Gasteiger partial charge is 0.493 e. The molecule has 0 bridgehead atoms. The molecule has 0 saturated carbocycles. The molecular weight excluding hydrogens is 630 g/mol. The van der Waals surface area contributed by atoms with Crippen LogP contribution in [-0.4, -0.2) is 75.5 Å². The first-order chi connectivity index (χ1) is 24.5. The van der Waals surface area contributed by atoms with Crippen LogP contribution in [-0.2, 0) is 9.53 Å². The van der Waals surface area contributed by atoms with Gasteiger partial charge < -0.3 is 29.7 Å². The number of alkyl carbamates (subject to hydrolysis) is 1. The lowest BCUT2D eigenvalue weighted by atomic mass is 9.91. The zero-order valence-electron chi connectivity index (χ0n) is 30.0. The number of ether oxygens (including phenoxy) is 3. The number of hydrazine groups is 1. The summed E-state index contributed by atoms with van der Waals surface area (Å²) in [5.74, 6) is 1.21. The molecule has 1 atom stereocenters. The minimum absolute atomic E-state index is 0.0630. The van der Waals surface area contributed by atoms with Gasteiger partial charge in [-0.25, -0.2) is 4.79 Å². The highest BCUT2D eigenvalue weighted by Gasteiger charge is 2.31. The summed E-state index contributed by atoms with van der Waals surface area (Å²) >= 11 is 0. The van der Waals surface area contributed by atoms with Crippen LogP contribution in [0.2, 0.25) is 0 Å². The van der Waals surface area contributed by atoms with Crippen molar-refractivity contribution >= 4 is 17.7 Å². The fourth-order valence-electron chi connectivity index (χ4n) is 6.84.